The molecule has 0 heterocycles. The third-order valence-corrected chi connectivity index (χ3v) is 4.28. The number of amides is 1. The van der Waals surface area contributed by atoms with E-state index in [0.29, 0.717) is 12.1 Å². The number of ether oxygens (including phenoxy) is 1. The van der Waals surface area contributed by atoms with Crippen LogP contribution in [0.15, 0.2) is 18.2 Å². The van der Waals surface area contributed by atoms with E-state index >= 15 is 0 Å². The van der Waals surface area contributed by atoms with E-state index < -0.39 is 0 Å². The lowest BCUT2D eigenvalue weighted by Crippen LogP contribution is -2.34. The summed E-state index contributed by atoms with van der Waals surface area (Å²) in [5, 5.41) is 3.78. The lowest BCUT2D eigenvalue weighted by atomic mass is 9.96. The summed E-state index contributed by atoms with van der Waals surface area (Å²) in [5.41, 5.74) is 1.70. The maximum Gasteiger partial charge on any atom is 0.251 e. The second-order valence-electron chi connectivity index (χ2n) is 5.16. The summed E-state index contributed by atoms with van der Waals surface area (Å²) in [6.45, 7) is 6.78. The summed E-state index contributed by atoms with van der Waals surface area (Å²) < 4.78 is 5.21. The highest BCUT2D eigenvalue weighted by molar-refractivity contribution is 9.09. The van der Waals surface area contributed by atoms with Crippen LogP contribution in [0.25, 0.3) is 0 Å². The Morgan fingerprint density at radius 1 is 1.44 bits per heavy atom. The van der Waals surface area contributed by atoms with E-state index in [1.165, 1.54) is 0 Å². The molecule has 0 fully saturated rings. The van der Waals surface area contributed by atoms with Crippen molar-refractivity contribution in [3.05, 3.63) is 29.3 Å². The minimum atomic E-state index is -0.0673. The van der Waals surface area contributed by atoms with Crippen molar-refractivity contribution in [3.8, 4) is 5.75 Å². The highest BCUT2D eigenvalue weighted by Gasteiger charge is 2.18. The molecule has 0 unspecified atom stereocenters. The summed E-state index contributed by atoms with van der Waals surface area (Å²) in [6.07, 6.45) is 0. The molecule has 1 amide bonds. The first kappa shape index (κ1) is 15.0. The van der Waals surface area contributed by atoms with Crippen LogP contribution in [0.5, 0.6) is 5.75 Å². The molecule has 0 saturated heterocycles. The Morgan fingerprint density at radius 2 is 2.11 bits per heavy atom. The zero-order valence-corrected chi connectivity index (χ0v) is 12.9. The number of nitrogens with one attached hydrogen (secondary N) is 1. The SMILES string of the molecule is COc1cc(C(=O)NCC(C)(C)CBr)ccc1C. The predicted octanol–water partition coefficient (Wildman–Crippen LogP) is 3.15. The van der Waals surface area contributed by atoms with Gasteiger partial charge in [0, 0.05) is 17.4 Å². The molecule has 1 aromatic rings. The Hall–Kier alpha value is -1.03. The van der Waals surface area contributed by atoms with Crippen molar-refractivity contribution in [2.75, 3.05) is 19.0 Å². The monoisotopic (exact) mass is 313 g/mol. The fraction of sp³-hybridized carbons (Fsp3) is 0.500. The first-order chi connectivity index (χ1) is 8.39. The van der Waals surface area contributed by atoms with Gasteiger partial charge in [-0.2, -0.15) is 0 Å². The van der Waals surface area contributed by atoms with Gasteiger partial charge >= 0.3 is 0 Å². The zero-order valence-electron chi connectivity index (χ0n) is 11.3. The van der Waals surface area contributed by atoms with Crippen molar-refractivity contribution < 1.29 is 9.53 Å². The molecule has 0 aliphatic heterocycles. The molecule has 0 atom stereocenters. The van der Waals surface area contributed by atoms with Crippen molar-refractivity contribution in [2.24, 2.45) is 5.41 Å². The molecular formula is C14H20BrNO2. The molecule has 1 aromatic carbocycles. The molecule has 1 N–H and O–H groups in total. The molecule has 0 aliphatic rings. The van der Waals surface area contributed by atoms with Gasteiger partial charge in [-0.05, 0) is 30.0 Å². The number of hydrogen-bond acceptors (Lipinski definition) is 2. The largest absolute Gasteiger partial charge is 0.496 e. The molecule has 0 bridgehead atoms. The summed E-state index contributed by atoms with van der Waals surface area (Å²) in [4.78, 5) is 12.0. The minimum absolute atomic E-state index is 0.0461. The predicted molar refractivity (Wildman–Crippen MR) is 77.6 cm³/mol. The molecule has 4 heteroatoms. The van der Waals surface area contributed by atoms with Crippen LogP contribution in [0.3, 0.4) is 0 Å². The van der Waals surface area contributed by atoms with Crippen LogP contribution in [-0.4, -0.2) is 24.9 Å². The van der Waals surface area contributed by atoms with Gasteiger partial charge in [0.05, 0.1) is 7.11 Å². The quantitative estimate of drug-likeness (QED) is 0.848. The zero-order chi connectivity index (χ0) is 13.8. The van der Waals surface area contributed by atoms with Gasteiger partial charge in [-0.1, -0.05) is 35.8 Å². The van der Waals surface area contributed by atoms with Crippen molar-refractivity contribution in [3.63, 3.8) is 0 Å². The van der Waals surface area contributed by atoms with Crippen LogP contribution in [0, 0.1) is 12.3 Å². The first-order valence-electron chi connectivity index (χ1n) is 5.88. The number of carbonyl (C=O) groups is 1. The van der Waals surface area contributed by atoms with Crippen LogP contribution in [0.2, 0.25) is 0 Å². The second-order valence-corrected chi connectivity index (χ2v) is 5.73. The van der Waals surface area contributed by atoms with E-state index in [9.17, 15) is 4.79 Å². The van der Waals surface area contributed by atoms with Crippen LogP contribution in [-0.2, 0) is 0 Å². The fourth-order valence-corrected chi connectivity index (χ4v) is 1.63. The molecule has 100 valence electrons. The average molecular weight is 314 g/mol. The molecule has 3 nitrogen and oxygen atoms in total. The third kappa shape index (κ3) is 4.02. The Kier molecular flexibility index (Phi) is 5.20. The van der Waals surface area contributed by atoms with Gasteiger partial charge in [-0.15, -0.1) is 0 Å². The number of rotatable bonds is 5. The van der Waals surface area contributed by atoms with Crippen molar-refractivity contribution in [1.29, 1.82) is 0 Å². The minimum Gasteiger partial charge on any atom is -0.496 e. The summed E-state index contributed by atoms with van der Waals surface area (Å²) in [7, 11) is 1.61. The van der Waals surface area contributed by atoms with Crippen LogP contribution in [0.4, 0.5) is 0 Å². The fourth-order valence-electron chi connectivity index (χ4n) is 1.43. The molecule has 1 rings (SSSR count). The number of aryl methyl sites for hydroxylation is 1. The maximum atomic E-state index is 12.0. The first-order valence-corrected chi connectivity index (χ1v) is 7.00. The Balaban J connectivity index is 2.73. The maximum absolute atomic E-state index is 12.0. The number of halogens is 1. The smallest absolute Gasteiger partial charge is 0.251 e. The normalized spacial score (nSPS) is 11.2. The molecule has 0 saturated carbocycles. The standard InChI is InChI=1S/C14H20BrNO2/c1-10-5-6-11(7-12(10)18-4)13(17)16-9-14(2,3)8-15/h5-7H,8-9H2,1-4H3,(H,16,17). The molecular weight excluding hydrogens is 294 g/mol. The van der Waals surface area contributed by atoms with E-state index in [-0.39, 0.29) is 11.3 Å². The number of methoxy groups -OCH3 is 1. The molecule has 0 aliphatic carbocycles. The average Bonchev–Trinajstić information content (AvgIpc) is 2.36. The van der Waals surface area contributed by atoms with E-state index in [1.54, 1.807) is 13.2 Å². The van der Waals surface area contributed by atoms with Crippen molar-refractivity contribution in [2.45, 2.75) is 20.8 Å². The highest BCUT2D eigenvalue weighted by Crippen LogP contribution is 2.20. The van der Waals surface area contributed by atoms with Crippen LogP contribution in [0.1, 0.15) is 29.8 Å². The number of benzene rings is 1. The molecule has 0 radical (unpaired) electrons. The lowest BCUT2D eigenvalue weighted by molar-refractivity contribution is 0.0940. The van der Waals surface area contributed by atoms with Gasteiger partial charge in [-0.3, -0.25) is 4.79 Å². The molecule has 0 spiro atoms. The van der Waals surface area contributed by atoms with E-state index in [4.69, 9.17) is 4.74 Å². The summed E-state index contributed by atoms with van der Waals surface area (Å²) in [6, 6.07) is 5.48. The number of alkyl halides is 1. The third-order valence-electron chi connectivity index (χ3n) is 2.76. The van der Waals surface area contributed by atoms with Crippen molar-refractivity contribution in [1.82, 2.24) is 5.32 Å². The molecule has 18 heavy (non-hydrogen) atoms. The Morgan fingerprint density at radius 3 is 2.67 bits per heavy atom. The highest BCUT2D eigenvalue weighted by atomic mass is 79.9. The second kappa shape index (κ2) is 6.23. The van der Waals surface area contributed by atoms with Gasteiger partial charge < -0.3 is 10.1 Å². The summed E-state index contributed by atoms with van der Waals surface area (Å²) in [5.74, 6) is 0.671. The molecule has 0 aromatic heterocycles. The van der Waals surface area contributed by atoms with Crippen LogP contribution < -0.4 is 10.1 Å². The summed E-state index contributed by atoms with van der Waals surface area (Å²) >= 11 is 3.44. The van der Waals surface area contributed by atoms with Crippen LogP contribution >= 0.6 is 15.9 Å². The Bertz CT molecular complexity index is 430. The van der Waals surface area contributed by atoms with Gasteiger partial charge in [0.1, 0.15) is 5.75 Å². The van der Waals surface area contributed by atoms with E-state index in [2.05, 4.69) is 35.1 Å². The number of hydrogen-bond donors (Lipinski definition) is 1. The number of carbonyl (C=O) groups excluding carboxylic acids is 1. The van der Waals surface area contributed by atoms with Gasteiger partial charge in [-0.25, -0.2) is 0 Å². The van der Waals surface area contributed by atoms with Gasteiger partial charge in [0.15, 0.2) is 0 Å². The van der Waals surface area contributed by atoms with E-state index in [1.807, 2.05) is 19.1 Å². The topological polar surface area (TPSA) is 38.3 Å². The van der Waals surface area contributed by atoms with Gasteiger partial charge in [0.2, 0.25) is 0 Å². The lowest BCUT2D eigenvalue weighted by Gasteiger charge is -2.22. The van der Waals surface area contributed by atoms with Crippen molar-refractivity contribution >= 4 is 21.8 Å². The van der Waals surface area contributed by atoms with E-state index in [0.717, 1.165) is 16.6 Å². The van der Waals surface area contributed by atoms with Gasteiger partial charge in [0.25, 0.3) is 5.91 Å². The Labute approximate surface area is 117 Å².